The van der Waals surface area contributed by atoms with Gasteiger partial charge in [0.05, 0.1) is 12.2 Å². The van der Waals surface area contributed by atoms with Crippen LogP contribution in [0.4, 0.5) is 5.69 Å². The summed E-state index contributed by atoms with van der Waals surface area (Å²) in [6.07, 6.45) is 15.3. The second-order valence-electron chi connectivity index (χ2n) is 7.51. The van der Waals surface area contributed by atoms with Crippen molar-refractivity contribution in [3.8, 4) is 0 Å². The Bertz CT molecular complexity index is 488. The maximum Gasteiger partial charge on any atom is 0.338 e. The highest BCUT2D eigenvalue weighted by Gasteiger charge is 2.05. The third-order valence-corrected chi connectivity index (χ3v) is 4.98. The highest BCUT2D eigenvalue weighted by Crippen LogP contribution is 2.11. The molecule has 1 aromatic carbocycles. The van der Waals surface area contributed by atoms with Crippen LogP contribution in [0.15, 0.2) is 24.3 Å². The molecule has 0 fully saturated rings. The molecule has 4 heteroatoms. The highest BCUT2D eigenvalue weighted by atomic mass is 16.5. The van der Waals surface area contributed by atoms with Gasteiger partial charge in [0.2, 0.25) is 0 Å². The van der Waals surface area contributed by atoms with Crippen molar-refractivity contribution in [3.05, 3.63) is 29.8 Å². The number of carbonyl (C=O) groups is 1. The van der Waals surface area contributed by atoms with Crippen molar-refractivity contribution in [2.24, 2.45) is 0 Å². The zero-order valence-electron chi connectivity index (χ0n) is 18.2. The molecular weight excluding hydrogens is 348 g/mol. The topological polar surface area (TPSA) is 50.4 Å². The lowest BCUT2D eigenvalue weighted by molar-refractivity contribution is 0.0526. The molecule has 0 bridgehead atoms. The average Bonchev–Trinajstić information content (AvgIpc) is 2.71. The molecule has 0 radical (unpaired) electrons. The number of rotatable bonds is 18. The zero-order valence-corrected chi connectivity index (χ0v) is 18.2. The fourth-order valence-electron chi connectivity index (χ4n) is 3.27. The van der Waals surface area contributed by atoms with Gasteiger partial charge >= 0.3 is 5.97 Å². The molecule has 0 aromatic heterocycles. The minimum Gasteiger partial charge on any atom is -0.462 e. The lowest BCUT2D eigenvalue weighted by Crippen LogP contribution is -2.23. The Kier molecular flexibility index (Phi) is 15.3. The molecule has 0 spiro atoms. The molecule has 1 aromatic rings. The van der Waals surface area contributed by atoms with Gasteiger partial charge in [-0.2, -0.15) is 0 Å². The van der Waals surface area contributed by atoms with Gasteiger partial charge in [0.1, 0.15) is 0 Å². The van der Waals surface area contributed by atoms with Crippen LogP contribution in [0.5, 0.6) is 0 Å². The van der Waals surface area contributed by atoms with E-state index < -0.39 is 0 Å². The first-order valence-electron chi connectivity index (χ1n) is 11.5. The van der Waals surface area contributed by atoms with E-state index in [2.05, 4.69) is 17.6 Å². The molecular formula is C24H42N2O2. The molecule has 0 saturated heterocycles. The summed E-state index contributed by atoms with van der Waals surface area (Å²) in [6, 6.07) is 7.46. The molecule has 28 heavy (non-hydrogen) atoms. The first-order valence-corrected chi connectivity index (χ1v) is 11.5. The second kappa shape index (κ2) is 17.5. The predicted molar refractivity (Wildman–Crippen MR) is 120 cm³/mol. The summed E-state index contributed by atoms with van der Waals surface area (Å²) >= 11 is 0. The molecule has 4 nitrogen and oxygen atoms in total. The van der Waals surface area contributed by atoms with E-state index in [4.69, 9.17) is 4.74 Å². The number of esters is 1. The van der Waals surface area contributed by atoms with Crippen LogP contribution >= 0.6 is 0 Å². The third-order valence-electron chi connectivity index (χ3n) is 4.98. The molecule has 1 rings (SSSR count). The number of anilines is 1. The van der Waals surface area contributed by atoms with Crippen LogP contribution in [-0.2, 0) is 4.74 Å². The molecule has 0 aliphatic heterocycles. The molecule has 0 amide bonds. The largest absolute Gasteiger partial charge is 0.462 e. The minimum absolute atomic E-state index is 0.261. The predicted octanol–water partition coefficient (Wildman–Crippen LogP) is 6.18. The maximum atomic E-state index is 11.6. The van der Waals surface area contributed by atoms with Gasteiger partial charge in [-0.25, -0.2) is 4.79 Å². The average molecular weight is 391 g/mol. The van der Waals surface area contributed by atoms with Gasteiger partial charge in [0, 0.05) is 18.8 Å². The van der Waals surface area contributed by atoms with E-state index in [0.717, 1.165) is 25.3 Å². The molecule has 2 N–H and O–H groups in total. The van der Waals surface area contributed by atoms with E-state index in [1.165, 1.54) is 70.6 Å². The van der Waals surface area contributed by atoms with Gasteiger partial charge in [-0.05, 0) is 44.2 Å². The number of hydrogen-bond acceptors (Lipinski definition) is 4. The van der Waals surface area contributed by atoms with Crippen molar-refractivity contribution in [2.45, 2.75) is 84.5 Å². The number of unbranched alkanes of at least 4 members (excludes halogenated alkanes) is 10. The SMILES string of the molecule is CCCCCCCCCCCCCNCCNc1ccc(C(=O)OCC)cc1. The first kappa shape index (κ1) is 24.5. The molecule has 0 atom stereocenters. The summed E-state index contributed by atoms with van der Waals surface area (Å²) in [7, 11) is 0. The van der Waals surface area contributed by atoms with Gasteiger partial charge in [0.15, 0.2) is 0 Å². The van der Waals surface area contributed by atoms with Gasteiger partial charge in [0.25, 0.3) is 0 Å². The number of carbonyl (C=O) groups excluding carboxylic acids is 1. The fourth-order valence-corrected chi connectivity index (χ4v) is 3.27. The summed E-state index contributed by atoms with van der Waals surface area (Å²) in [5.41, 5.74) is 1.63. The van der Waals surface area contributed by atoms with Gasteiger partial charge in [-0.3, -0.25) is 0 Å². The van der Waals surface area contributed by atoms with Gasteiger partial charge in [-0.15, -0.1) is 0 Å². The fraction of sp³-hybridized carbons (Fsp3) is 0.708. The number of benzene rings is 1. The number of nitrogens with one attached hydrogen (secondary N) is 2. The first-order chi connectivity index (χ1) is 13.8. The molecule has 0 unspecified atom stereocenters. The quantitative estimate of drug-likeness (QED) is 0.232. The second-order valence-corrected chi connectivity index (χ2v) is 7.51. The molecule has 0 aliphatic carbocycles. The van der Waals surface area contributed by atoms with Crippen LogP contribution < -0.4 is 10.6 Å². The Morgan fingerprint density at radius 2 is 1.32 bits per heavy atom. The Hall–Kier alpha value is -1.55. The van der Waals surface area contributed by atoms with Crippen molar-refractivity contribution < 1.29 is 9.53 Å². The van der Waals surface area contributed by atoms with Crippen LogP contribution in [0, 0.1) is 0 Å². The Morgan fingerprint density at radius 3 is 1.89 bits per heavy atom. The molecule has 0 heterocycles. The normalized spacial score (nSPS) is 10.8. The Labute approximate surface area is 172 Å². The van der Waals surface area contributed by atoms with Crippen LogP contribution in [-0.4, -0.2) is 32.2 Å². The van der Waals surface area contributed by atoms with Crippen LogP contribution in [0.2, 0.25) is 0 Å². The molecule has 0 aliphatic rings. The monoisotopic (exact) mass is 390 g/mol. The Morgan fingerprint density at radius 1 is 0.750 bits per heavy atom. The summed E-state index contributed by atoms with van der Waals surface area (Å²) in [4.78, 5) is 11.6. The lowest BCUT2D eigenvalue weighted by atomic mass is 10.1. The summed E-state index contributed by atoms with van der Waals surface area (Å²) in [5, 5.41) is 6.87. The van der Waals surface area contributed by atoms with Crippen molar-refractivity contribution in [1.82, 2.24) is 5.32 Å². The van der Waals surface area contributed by atoms with Crippen LogP contribution in [0.25, 0.3) is 0 Å². The molecule has 0 saturated carbocycles. The zero-order chi connectivity index (χ0) is 20.3. The number of hydrogen-bond donors (Lipinski definition) is 2. The minimum atomic E-state index is -0.261. The van der Waals surface area contributed by atoms with Gasteiger partial charge in [-0.1, -0.05) is 71.1 Å². The lowest BCUT2D eigenvalue weighted by Gasteiger charge is -2.09. The van der Waals surface area contributed by atoms with E-state index in [9.17, 15) is 4.79 Å². The smallest absolute Gasteiger partial charge is 0.338 e. The number of ether oxygens (including phenoxy) is 1. The molecule has 160 valence electrons. The van der Waals surface area contributed by atoms with Crippen molar-refractivity contribution in [2.75, 3.05) is 31.6 Å². The van der Waals surface area contributed by atoms with Gasteiger partial charge < -0.3 is 15.4 Å². The third kappa shape index (κ3) is 12.8. The highest BCUT2D eigenvalue weighted by molar-refractivity contribution is 5.89. The maximum absolute atomic E-state index is 11.6. The van der Waals surface area contributed by atoms with Crippen LogP contribution in [0.3, 0.4) is 0 Å². The van der Waals surface area contributed by atoms with E-state index in [-0.39, 0.29) is 5.97 Å². The van der Waals surface area contributed by atoms with Crippen LogP contribution in [0.1, 0.15) is 94.8 Å². The summed E-state index contributed by atoms with van der Waals surface area (Å²) < 4.78 is 4.99. The van der Waals surface area contributed by atoms with E-state index in [1.54, 1.807) is 12.1 Å². The van der Waals surface area contributed by atoms with Crippen molar-refractivity contribution in [1.29, 1.82) is 0 Å². The van der Waals surface area contributed by atoms with E-state index in [1.807, 2.05) is 19.1 Å². The van der Waals surface area contributed by atoms with Crippen molar-refractivity contribution in [3.63, 3.8) is 0 Å². The standard InChI is InChI=1S/C24H42N2O2/c1-3-5-6-7-8-9-10-11-12-13-14-19-25-20-21-26-23-17-15-22(16-18-23)24(27)28-4-2/h15-18,25-26H,3-14,19-21H2,1-2H3. The summed E-state index contributed by atoms with van der Waals surface area (Å²) in [5.74, 6) is -0.261. The van der Waals surface area contributed by atoms with E-state index in [0.29, 0.717) is 12.2 Å². The van der Waals surface area contributed by atoms with Crippen molar-refractivity contribution >= 4 is 11.7 Å². The van der Waals surface area contributed by atoms with E-state index >= 15 is 0 Å². The summed E-state index contributed by atoms with van der Waals surface area (Å²) in [6.45, 7) is 7.44. The Balaban J connectivity index is 1.88.